The molecular weight excluding hydrogens is 621 g/mol. The third kappa shape index (κ3) is 5.34. The Balaban J connectivity index is 1.44. The topological polar surface area (TPSA) is 128 Å². The maximum atomic E-state index is 13.8. The number of carbonyl (C=O) groups excluding carboxylic acids is 4. The molecule has 2 aliphatic rings. The lowest BCUT2D eigenvalue weighted by molar-refractivity contribution is -0.140. The van der Waals surface area contributed by atoms with Crippen LogP contribution in [-0.4, -0.2) is 35.5 Å². The van der Waals surface area contributed by atoms with Gasteiger partial charge in [-0.05, 0) is 80.6 Å². The molecular formula is C34H31Cl2NO8. The fraction of sp³-hybridized carbons (Fsp3) is 0.294. The summed E-state index contributed by atoms with van der Waals surface area (Å²) in [5, 5.41) is 14.8. The molecule has 1 unspecified atom stereocenters. The largest absolute Gasteiger partial charge is 0.507 e. The number of aryl methyl sites for hydroxylation is 1. The summed E-state index contributed by atoms with van der Waals surface area (Å²) in [6.07, 6.45) is 1.09. The Morgan fingerprint density at radius 2 is 1.78 bits per heavy atom. The van der Waals surface area contributed by atoms with E-state index in [1.54, 1.807) is 18.2 Å². The second kappa shape index (κ2) is 11.9. The molecule has 234 valence electrons. The highest BCUT2D eigenvalue weighted by molar-refractivity contribution is 6.35. The number of rotatable bonds is 8. The quantitative estimate of drug-likeness (QED) is 0.283. The number of carbonyl (C=O) groups is 4. The smallest absolute Gasteiger partial charge is 0.259 e. The van der Waals surface area contributed by atoms with Crippen molar-refractivity contribution in [1.82, 2.24) is 5.32 Å². The number of phenolic OH excluding ortho intramolecular Hbond substituents is 1. The molecule has 0 bridgehead atoms. The van der Waals surface area contributed by atoms with E-state index in [0.29, 0.717) is 15.8 Å². The van der Waals surface area contributed by atoms with Crippen LogP contribution in [0.4, 0.5) is 0 Å². The van der Waals surface area contributed by atoms with Gasteiger partial charge in [-0.1, -0.05) is 29.3 Å². The number of Topliss-reactive ketones (excluding diaryl/α,β-unsaturated/α-hetero) is 2. The van der Waals surface area contributed by atoms with Gasteiger partial charge in [0.15, 0.2) is 17.3 Å². The summed E-state index contributed by atoms with van der Waals surface area (Å²) in [7, 11) is 1.33. The van der Waals surface area contributed by atoms with Crippen LogP contribution in [0, 0.1) is 26.7 Å². The molecule has 2 N–H and O–H groups in total. The van der Waals surface area contributed by atoms with Crippen LogP contribution in [-0.2, 0) is 33.0 Å². The zero-order valence-electron chi connectivity index (χ0n) is 25.5. The van der Waals surface area contributed by atoms with Gasteiger partial charge in [0, 0.05) is 23.7 Å². The van der Waals surface area contributed by atoms with Crippen LogP contribution in [0.25, 0.3) is 0 Å². The van der Waals surface area contributed by atoms with E-state index in [1.807, 2.05) is 26.8 Å². The molecule has 1 aliphatic carbocycles. The first-order chi connectivity index (χ1) is 21.2. The number of ketones is 3. The predicted molar refractivity (Wildman–Crippen MR) is 168 cm³/mol. The number of halogens is 2. The molecule has 1 amide bonds. The summed E-state index contributed by atoms with van der Waals surface area (Å²) in [4.78, 5) is 52.1. The number of aromatic hydroxyl groups is 1. The van der Waals surface area contributed by atoms with Crippen LogP contribution in [0.2, 0.25) is 10.0 Å². The average Bonchev–Trinajstić information content (AvgIpc) is 3.27. The zero-order valence-corrected chi connectivity index (χ0v) is 27.0. The maximum absolute atomic E-state index is 13.8. The first kappa shape index (κ1) is 32.1. The SMILES string of the molecule is COc1cc(O)c2c(c1C(=O)NCc1c(C)cc(COc3ccc(Cl)cc3Cl)c(C)c1C)OC1=CC(=O)C(C(C)=O)C(=O)[C@]12C. The summed E-state index contributed by atoms with van der Waals surface area (Å²) >= 11 is 12.2. The van der Waals surface area contributed by atoms with E-state index in [0.717, 1.165) is 40.8 Å². The first-order valence-electron chi connectivity index (χ1n) is 14.1. The van der Waals surface area contributed by atoms with Crippen molar-refractivity contribution in [2.24, 2.45) is 5.92 Å². The van der Waals surface area contributed by atoms with Gasteiger partial charge in [-0.2, -0.15) is 0 Å². The number of fused-ring (bicyclic) bond motifs is 3. The Kier molecular flexibility index (Phi) is 8.46. The Morgan fingerprint density at radius 1 is 1.07 bits per heavy atom. The minimum absolute atomic E-state index is 0.00296. The van der Waals surface area contributed by atoms with E-state index in [4.69, 9.17) is 37.4 Å². The number of phenols is 1. The van der Waals surface area contributed by atoms with Crippen molar-refractivity contribution >= 4 is 46.5 Å². The third-order valence-electron chi connectivity index (χ3n) is 8.66. The number of benzene rings is 3. The Labute approximate surface area is 270 Å². The number of nitrogens with one attached hydrogen (secondary N) is 1. The number of allylic oxidation sites excluding steroid dienone is 2. The van der Waals surface area contributed by atoms with Crippen LogP contribution >= 0.6 is 23.2 Å². The van der Waals surface area contributed by atoms with Gasteiger partial charge in [0.05, 0.1) is 17.7 Å². The molecule has 0 radical (unpaired) electrons. The van der Waals surface area contributed by atoms with E-state index in [2.05, 4.69) is 5.32 Å². The Bertz CT molecular complexity index is 1850. The van der Waals surface area contributed by atoms with Crippen molar-refractivity contribution in [3.63, 3.8) is 0 Å². The van der Waals surface area contributed by atoms with Crippen molar-refractivity contribution in [2.75, 3.05) is 7.11 Å². The van der Waals surface area contributed by atoms with Gasteiger partial charge in [0.2, 0.25) is 0 Å². The van der Waals surface area contributed by atoms with E-state index in [1.165, 1.54) is 20.1 Å². The van der Waals surface area contributed by atoms with Crippen LogP contribution in [0.5, 0.6) is 23.0 Å². The predicted octanol–water partition coefficient (Wildman–Crippen LogP) is 6.03. The Hall–Kier alpha value is -4.34. The van der Waals surface area contributed by atoms with Crippen molar-refractivity contribution in [1.29, 1.82) is 0 Å². The van der Waals surface area contributed by atoms with Crippen LogP contribution in [0.1, 0.15) is 57.6 Å². The molecule has 0 fully saturated rings. The molecule has 1 aliphatic heterocycles. The van der Waals surface area contributed by atoms with Gasteiger partial charge in [-0.25, -0.2) is 0 Å². The number of hydrogen-bond acceptors (Lipinski definition) is 8. The average molecular weight is 653 g/mol. The van der Waals surface area contributed by atoms with Gasteiger partial charge in [-0.3, -0.25) is 19.2 Å². The molecule has 3 aromatic rings. The minimum atomic E-state index is -1.65. The summed E-state index contributed by atoms with van der Waals surface area (Å²) in [5.41, 5.74) is 2.98. The van der Waals surface area contributed by atoms with Crippen molar-refractivity contribution in [3.05, 3.63) is 91.2 Å². The molecule has 9 nitrogen and oxygen atoms in total. The molecule has 0 spiro atoms. The second-order valence-electron chi connectivity index (χ2n) is 11.4. The summed E-state index contributed by atoms with van der Waals surface area (Å²) in [6, 6.07) is 8.24. The molecule has 1 heterocycles. The van der Waals surface area contributed by atoms with E-state index in [-0.39, 0.29) is 47.3 Å². The Morgan fingerprint density at radius 3 is 2.42 bits per heavy atom. The van der Waals surface area contributed by atoms with Crippen molar-refractivity contribution in [2.45, 2.75) is 53.2 Å². The van der Waals surface area contributed by atoms with Crippen molar-refractivity contribution in [3.8, 4) is 23.0 Å². The first-order valence-corrected chi connectivity index (χ1v) is 14.8. The van der Waals surface area contributed by atoms with Gasteiger partial charge < -0.3 is 24.6 Å². The lowest BCUT2D eigenvalue weighted by Crippen LogP contribution is -2.47. The summed E-state index contributed by atoms with van der Waals surface area (Å²) in [6.45, 7) is 8.89. The molecule has 5 rings (SSSR count). The monoisotopic (exact) mass is 651 g/mol. The highest BCUT2D eigenvalue weighted by atomic mass is 35.5. The molecule has 11 heteroatoms. The van der Waals surface area contributed by atoms with Gasteiger partial charge >= 0.3 is 0 Å². The van der Waals surface area contributed by atoms with Crippen LogP contribution in [0.3, 0.4) is 0 Å². The van der Waals surface area contributed by atoms with Gasteiger partial charge in [0.1, 0.15) is 52.3 Å². The highest BCUT2D eigenvalue weighted by Gasteiger charge is 2.58. The fourth-order valence-corrected chi connectivity index (χ4v) is 6.46. The molecule has 2 atom stereocenters. The van der Waals surface area contributed by atoms with Crippen LogP contribution in [0.15, 0.2) is 42.2 Å². The standard InChI is InChI=1S/C34H31Cl2NO8/c1-15-9-19(14-44-25-8-7-20(35)10-22(25)36)16(2)17(3)21(15)13-37-33(42)29-26(43-6)11-24(40)30-31(29)45-27-12-23(39)28(18(4)38)32(41)34(27,30)5/h7-12,28,40H,13-14H2,1-6H3,(H,37,42)/t28?,34-/m1/s1. The lowest BCUT2D eigenvalue weighted by Gasteiger charge is -2.30. The van der Waals surface area contributed by atoms with E-state index < -0.39 is 34.6 Å². The number of amides is 1. The molecule has 0 saturated heterocycles. The molecule has 0 aromatic heterocycles. The normalized spacial score (nSPS) is 18.5. The fourth-order valence-electron chi connectivity index (χ4n) is 6.00. The van der Waals surface area contributed by atoms with E-state index >= 15 is 0 Å². The van der Waals surface area contributed by atoms with Crippen molar-refractivity contribution < 1.29 is 38.5 Å². The number of methoxy groups -OCH3 is 1. The number of ether oxygens (including phenoxy) is 3. The molecule has 45 heavy (non-hydrogen) atoms. The minimum Gasteiger partial charge on any atom is -0.507 e. The lowest BCUT2D eigenvalue weighted by atomic mass is 9.67. The summed E-state index contributed by atoms with van der Waals surface area (Å²) < 4.78 is 17.3. The van der Waals surface area contributed by atoms with Crippen LogP contribution < -0.4 is 19.5 Å². The number of hydrogen-bond donors (Lipinski definition) is 2. The van der Waals surface area contributed by atoms with Gasteiger partial charge in [-0.15, -0.1) is 0 Å². The second-order valence-corrected chi connectivity index (χ2v) is 12.2. The molecule has 0 saturated carbocycles. The maximum Gasteiger partial charge on any atom is 0.259 e. The molecule has 3 aromatic carbocycles. The highest BCUT2D eigenvalue weighted by Crippen LogP contribution is 2.56. The van der Waals surface area contributed by atoms with Gasteiger partial charge in [0.25, 0.3) is 5.91 Å². The zero-order chi connectivity index (χ0) is 33.0. The van der Waals surface area contributed by atoms with E-state index in [9.17, 15) is 24.3 Å². The third-order valence-corrected chi connectivity index (χ3v) is 9.19. The summed E-state index contributed by atoms with van der Waals surface area (Å²) in [5.74, 6) is -4.20.